The van der Waals surface area contributed by atoms with Crippen molar-refractivity contribution in [1.82, 2.24) is 15.7 Å². The largest absolute Gasteiger partial charge is 0.449 e. The van der Waals surface area contributed by atoms with E-state index in [0.29, 0.717) is 17.9 Å². The zero-order valence-electron chi connectivity index (χ0n) is 23.4. The zero-order valence-corrected chi connectivity index (χ0v) is 23.4. The van der Waals surface area contributed by atoms with Crippen LogP contribution in [0.15, 0.2) is 48.5 Å². The number of benzene rings is 2. The third-order valence-corrected chi connectivity index (χ3v) is 6.70. The van der Waals surface area contributed by atoms with E-state index in [1.165, 1.54) is 0 Å². The van der Waals surface area contributed by atoms with Crippen molar-refractivity contribution in [2.24, 2.45) is 0 Å². The van der Waals surface area contributed by atoms with Gasteiger partial charge < -0.3 is 24.9 Å². The average molecular weight is 566 g/mol. The number of nitrogens with one attached hydrogen (secondary N) is 2. The third kappa shape index (κ3) is 7.62. The number of hydroxylamine groups is 2. The third-order valence-electron chi connectivity index (χ3n) is 6.70. The van der Waals surface area contributed by atoms with Crippen LogP contribution in [-0.2, 0) is 28.7 Å². The molecule has 1 fully saturated rings. The molecule has 0 saturated carbocycles. The van der Waals surface area contributed by atoms with Gasteiger partial charge in [-0.05, 0) is 62.3 Å². The molecule has 0 bridgehead atoms. The fraction of sp³-hybridized carbons (Fsp3) is 0.433. The lowest BCUT2D eigenvalue weighted by molar-refractivity contribution is -0.199. The number of unbranched alkanes of at least 4 members (excludes halogenated alkanes) is 1. The first-order valence-corrected chi connectivity index (χ1v) is 13.7. The average Bonchev–Trinajstić information content (AvgIpc) is 3.41. The predicted molar refractivity (Wildman–Crippen MR) is 147 cm³/mol. The molecule has 1 atom stereocenters. The summed E-state index contributed by atoms with van der Waals surface area (Å²) in [4.78, 5) is 66.6. The monoisotopic (exact) mass is 565 g/mol. The Bertz CT molecular complexity index is 1260. The Morgan fingerprint density at radius 3 is 2.07 bits per heavy atom. The van der Waals surface area contributed by atoms with Crippen molar-refractivity contribution in [1.29, 1.82) is 0 Å². The summed E-state index contributed by atoms with van der Waals surface area (Å²) in [7, 11) is 0. The Kier molecular flexibility index (Phi) is 9.26. The van der Waals surface area contributed by atoms with Crippen molar-refractivity contribution in [2.45, 2.75) is 70.4 Å². The zero-order chi connectivity index (χ0) is 29.6. The number of alkyl carbamates (subject to hydrolysis) is 2. The number of fused-ring (bicyclic) bond motifs is 3. The molecule has 2 aliphatic rings. The molecule has 2 aromatic rings. The van der Waals surface area contributed by atoms with Gasteiger partial charge in [-0.2, -0.15) is 0 Å². The first kappa shape index (κ1) is 29.6. The van der Waals surface area contributed by atoms with Crippen molar-refractivity contribution in [2.75, 3.05) is 13.2 Å². The summed E-state index contributed by atoms with van der Waals surface area (Å²) in [6, 6.07) is 14.6. The van der Waals surface area contributed by atoms with Gasteiger partial charge in [0.05, 0.1) is 0 Å². The van der Waals surface area contributed by atoms with Gasteiger partial charge in [0.1, 0.15) is 18.2 Å². The summed E-state index contributed by atoms with van der Waals surface area (Å²) in [6.45, 7) is 5.60. The van der Waals surface area contributed by atoms with Gasteiger partial charge in [-0.1, -0.05) is 48.5 Å². The minimum Gasteiger partial charge on any atom is -0.449 e. The molecular formula is C30H35N3O8. The minimum atomic E-state index is -1.19. The molecule has 11 heteroatoms. The normalized spacial score (nSPS) is 15.1. The van der Waals surface area contributed by atoms with Crippen LogP contribution in [0.4, 0.5) is 9.59 Å². The maximum atomic E-state index is 12.9. The molecule has 4 rings (SSSR count). The van der Waals surface area contributed by atoms with Gasteiger partial charge in [-0.3, -0.25) is 9.59 Å². The topological polar surface area (TPSA) is 140 Å². The van der Waals surface area contributed by atoms with Gasteiger partial charge in [0.2, 0.25) is 0 Å². The quantitative estimate of drug-likeness (QED) is 0.323. The lowest BCUT2D eigenvalue weighted by atomic mass is 9.98. The molecule has 2 aromatic carbocycles. The molecular weight excluding hydrogens is 530 g/mol. The molecule has 11 nitrogen and oxygen atoms in total. The van der Waals surface area contributed by atoms with Gasteiger partial charge >= 0.3 is 18.2 Å². The van der Waals surface area contributed by atoms with Crippen LogP contribution in [-0.4, -0.2) is 59.8 Å². The lowest BCUT2D eigenvalue weighted by Crippen LogP contribution is -2.45. The van der Waals surface area contributed by atoms with Crippen LogP contribution in [0, 0.1) is 0 Å². The molecule has 0 aromatic heterocycles. The summed E-state index contributed by atoms with van der Waals surface area (Å²) in [6.07, 6.45) is -0.497. The standard InChI is InChI=1S/C30H35N3O8/c1-30(2,3)40-28(37)31-17-9-8-14-24(27(36)41-33-25(34)15-16-26(33)35)32-29(38)39-18-23-21-12-6-4-10-19(21)20-11-5-7-13-22(20)23/h4-7,10-13,23-24H,8-9,14-18H2,1-3H3,(H,31,37)(H,32,38). The summed E-state index contributed by atoms with van der Waals surface area (Å²) in [5, 5.41) is 5.60. The van der Waals surface area contributed by atoms with Crippen molar-refractivity contribution in [3.8, 4) is 11.1 Å². The van der Waals surface area contributed by atoms with Gasteiger partial charge in [0, 0.05) is 25.3 Å². The molecule has 1 saturated heterocycles. The van der Waals surface area contributed by atoms with Gasteiger partial charge in [-0.15, -0.1) is 5.06 Å². The van der Waals surface area contributed by atoms with Crippen LogP contribution in [0.3, 0.4) is 0 Å². The smallest absolute Gasteiger partial charge is 0.407 e. The summed E-state index contributed by atoms with van der Waals surface area (Å²) in [5.74, 6) is -2.37. The maximum Gasteiger partial charge on any atom is 0.407 e. The van der Waals surface area contributed by atoms with Crippen LogP contribution in [0.5, 0.6) is 0 Å². The number of carbonyl (C=O) groups excluding carboxylic acids is 5. The molecule has 4 amide bonds. The Morgan fingerprint density at radius 2 is 1.49 bits per heavy atom. The highest BCUT2D eigenvalue weighted by Crippen LogP contribution is 2.44. The summed E-state index contributed by atoms with van der Waals surface area (Å²) >= 11 is 0. The van der Waals surface area contributed by atoms with Crippen molar-refractivity contribution in [3.05, 3.63) is 59.7 Å². The molecule has 1 unspecified atom stereocenters. The van der Waals surface area contributed by atoms with Crippen LogP contribution < -0.4 is 10.6 Å². The first-order chi connectivity index (χ1) is 19.5. The van der Waals surface area contributed by atoms with Crippen molar-refractivity contribution < 1.29 is 38.3 Å². The second-order valence-electron chi connectivity index (χ2n) is 10.9. The molecule has 1 aliphatic heterocycles. The molecule has 2 N–H and O–H groups in total. The summed E-state index contributed by atoms with van der Waals surface area (Å²) in [5.41, 5.74) is 3.62. The highest BCUT2D eigenvalue weighted by Gasteiger charge is 2.36. The number of amides is 4. The second kappa shape index (κ2) is 12.8. The van der Waals surface area contributed by atoms with Crippen LogP contribution >= 0.6 is 0 Å². The van der Waals surface area contributed by atoms with E-state index in [1.807, 2.05) is 48.5 Å². The number of ether oxygens (including phenoxy) is 2. The molecule has 218 valence electrons. The highest BCUT2D eigenvalue weighted by molar-refractivity contribution is 6.01. The number of carbonyl (C=O) groups is 5. The number of hydrogen-bond donors (Lipinski definition) is 2. The SMILES string of the molecule is CC(C)(C)OC(=O)NCCCCC(NC(=O)OCC1c2ccccc2-c2ccccc21)C(=O)ON1C(=O)CCC1=O. The van der Waals surface area contributed by atoms with E-state index < -0.39 is 41.6 Å². The number of hydrogen-bond acceptors (Lipinski definition) is 8. The fourth-order valence-corrected chi connectivity index (χ4v) is 4.82. The van der Waals surface area contributed by atoms with Crippen molar-refractivity contribution in [3.63, 3.8) is 0 Å². The summed E-state index contributed by atoms with van der Waals surface area (Å²) < 4.78 is 10.8. The number of imide groups is 1. The van der Waals surface area contributed by atoms with E-state index in [2.05, 4.69) is 10.6 Å². The van der Waals surface area contributed by atoms with Crippen LogP contribution in [0.25, 0.3) is 11.1 Å². The van der Waals surface area contributed by atoms with E-state index >= 15 is 0 Å². The first-order valence-electron chi connectivity index (χ1n) is 13.7. The van der Waals surface area contributed by atoms with Gasteiger partial charge in [-0.25, -0.2) is 14.4 Å². The molecule has 0 spiro atoms. The Hall–Kier alpha value is -4.41. The minimum absolute atomic E-state index is 0.0462. The van der Waals surface area contributed by atoms with E-state index in [9.17, 15) is 24.0 Å². The van der Waals surface area contributed by atoms with E-state index in [1.54, 1.807) is 20.8 Å². The second-order valence-corrected chi connectivity index (χ2v) is 10.9. The van der Waals surface area contributed by atoms with Crippen molar-refractivity contribution >= 4 is 30.0 Å². The van der Waals surface area contributed by atoms with Gasteiger partial charge in [0.25, 0.3) is 11.8 Å². The Morgan fingerprint density at radius 1 is 0.902 bits per heavy atom. The Balaban J connectivity index is 1.35. The molecule has 1 heterocycles. The van der Waals surface area contributed by atoms with E-state index in [4.69, 9.17) is 14.3 Å². The lowest BCUT2D eigenvalue weighted by Gasteiger charge is -2.21. The van der Waals surface area contributed by atoms with E-state index in [-0.39, 0.29) is 38.3 Å². The highest BCUT2D eigenvalue weighted by atomic mass is 16.7. The van der Waals surface area contributed by atoms with Gasteiger partial charge in [0.15, 0.2) is 0 Å². The number of nitrogens with zero attached hydrogens (tertiary/aromatic N) is 1. The molecule has 0 radical (unpaired) electrons. The number of rotatable bonds is 10. The van der Waals surface area contributed by atoms with Crippen LogP contribution in [0.1, 0.15) is 69.9 Å². The molecule has 41 heavy (non-hydrogen) atoms. The Labute approximate surface area is 238 Å². The predicted octanol–water partition coefficient (Wildman–Crippen LogP) is 4.20. The fourth-order valence-electron chi connectivity index (χ4n) is 4.82. The maximum absolute atomic E-state index is 12.9. The van der Waals surface area contributed by atoms with E-state index in [0.717, 1.165) is 22.3 Å². The molecule has 1 aliphatic carbocycles. The van der Waals surface area contributed by atoms with Crippen LogP contribution in [0.2, 0.25) is 0 Å².